The van der Waals surface area contributed by atoms with Crippen LogP contribution in [0.3, 0.4) is 0 Å². The van der Waals surface area contributed by atoms with Gasteiger partial charge >= 0.3 is 0 Å². The lowest BCUT2D eigenvalue weighted by molar-refractivity contribution is 0.857. The zero-order valence-electron chi connectivity index (χ0n) is 8.44. The van der Waals surface area contributed by atoms with Crippen LogP contribution in [0, 0.1) is 0 Å². The fourth-order valence-electron chi connectivity index (χ4n) is 1.92. The van der Waals surface area contributed by atoms with Gasteiger partial charge in [0.05, 0.1) is 11.9 Å². The molecule has 0 spiro atoms. The maximum absolute atomic E-state index is 4.41. The molecular weight excluding hydrogens is 206 g/mol. The fourth-order valence-corrected chi connectivity index (χ4v) is 2.83. The largest absolute Gasteiger partial charge is 0.369 e. The molecule has 0 atom stereocenters. The molecule has 1 aliphatic heterocycles. The van der Waals surface area contributed by atoms with Gasteiger partial charge in [0.25, 0.3) is 0 Å². The molecule has 3 heterocycles. The number of aromatic amines is 1. The average molecular weight is 219 g/mol. The molecule has 4 heteroatoms. The first-order valence-electron chi connectivity index (χ1n) is 5.19. The van der Waals surface area contributed by atoms with E-state index in [9.17, 15) is 0 Å². The maximum atomic E-state index is 4.41. The molecule has 1 N–H and O–H groups in total. The summed E-state index contributed by atoms with van der Waals surface area (Å²) in [5.41, 5.74) is 2.23. The number of pyridine rings is 1. The standard InChI is InChI=1S/C11H13N3S/c1-2-12-11-9(1)7-10(8-13-11)14-3-5-15-6-4-14/h1-2,7-8H,3-6H2,(H,12,13). The number of H-pyrrole nitrogens is 1. The smallest absolute Gasteiger partial charge is 0.137 e. The monoisotopic (exact) mass is 219 g/mol. The maximum Gasteiger partial charge on any atom is 0.137 e. The van der Waals surface area contributed by atoms with Gasteiger partial charge in [0.15, 0.2) is 0 Å². The van der Waals surface area contributed by atoms with Crippen LogP contribution in [0.15, 0.2) is 24.5 Å². The average Bonchev–Trinajstić information content (AvgIpc) is 2.77. The lowest BCUT2D eigenvalue weighted by Gasteiger charge is -2.28. The summed E-state index contributed by atoms with van der Waals surface area (Å²) in [4.78, 5) is 9.94. The van der Waals surface area contributed by atoms with Crippen molar-refractivity contribution < 1.29 is 0 Å². The van der Waals surface area contributed by atoms with Crippen LogP contribution >= 0.6 is 11.8 Å². The van der Waals surface area contributed by atoms with E-state index in [0.29, 0.717) is 0 Å². The van der Waals surface area contributed by atoms with Crippen molar-refractivity contribution in [2.75, 3.05) is 29.5 Å². The van der Waals surface area contributed by atoms with Gasteiger partial charge in [-0.05, 0) is 12.1 Å². The second-order valence-electron chi connectivity index (χ2n) is 3.71. The zero-order chi connectivity index (χ0) is 10.1. The number of nitrogens with one attached hydrogen (secondary N) is 1. The van der Waals surface area contributed by atoms with E-state index < -0.39 is 0 Å². The number of rotatable bonds is 1. The summed E-state index contributed by atoms with van der Waals surface area (Å²) in [5.74, 6) is 2.45. The summed E-state index contributed by atoms with van der Waals surface area (Å²) >= 11 is 2.03. The first-order chi connectivity index (χ1) is 7.43. The van der Waals surface area contributed by atoms with Crippen molar-refractivity contribution in [2.45, 2.75) is 0 Å². The molecule has 15 heavy (non-hydrogen) atoms. The highest BCUT2D eigenvalue weighted by atomic mass is 32.2. The third kappa shape index (κ3) is 1.69. The van der Waals surface area contributed by atoms with Crippen molar-refractivity contribution in [3.63, 3.8) is 0 Å². The zero-order valence-corrected chi connectivity index (χ0v) is 9.26. The summed E-state index contributed by atoms with van der Waals surface area (Å²) in [6.45, 7) is 2.28. The summed E-state index contributed by atoms with van der Waals surface area (Å²) in [5, 5.41) is 1.20. The van der Waals surface area contributed by atoms with Gasteiger partial charge in [0, 0.05) is 36.2 Å². The molecule has 0 aliphatic carbocycles. The molecule has 0 unspecified atom stereocenters. The predicted octanol–water partition coefficient (Wildman–Crippen LogP) is 2.12. The topological polar surface area (TPSA) is 31.9 Å². The van der Waals surface area contributed by atoms with E-state index in [0.717, 1.165) is 18.7 Å². The highest BCUT2D eigenvalue weighted by Gasteiger charge is 2.11. The Morgan fingerprint density at radius 2 is 2.20 bits per heavy atom. The van der Waals surface area contributed by atoms with E-state index in [1.165, 1.54) is 22.6 Å². The van der Waals surface area contributed by atoms with Crippen molar-refractivity contribution in [1.82, 2.24) is 9.97 Å². The summed E-state index contributed by atoms with van der Waals surface area (Å²) in [6.07, 6.45) is 3.91. The van der Waals surface area contributed by atoms with Gasteiger partial charge in [-0.1, -0.05) is 0 Å². The van der Waals surface area contributed by atoms with Gasteiger partial charge in [0.1, 0.15) is 5.65 Å². The Morgan fingerprint density at radius 1 is 1.33 bits per heavy atom. The Hall–Kier alpha value is -1.16. The second-order valence-corrected chi connectivity index (χ2v) is 4.93. The predicted molar refractivity (Wildman–Crippen MR) is 65.6 cm³/mol. The first kappa shape index (κ1) is 9.09. The van der Waals surface area contributed by atoms with Crippen LogP contribution in [0.25, 0.3) is 11.0 Å². The van der Waals surface area contributed by atoms with Crippen molar-refractivity contribution >= 4 is 28.5 Å². The Labute approximate surface area is 92.9 Å². The number of aromatic nitrogens is 2. The van der Waals surface area contributed by atoms with E-state index in [-0.39, 0.29) is 0 Å². The first-order valence-corrected chi connectivity index (χ1v) is 6.35. The molecule has 0 aromatic carbocycles. The van der Waals surface area contributed by atoms with Crippen molar-refractivity contribution in [1.29, 1.82) is 0 Å². The summed E-state index contributed by atoms with van der Waals surface area (Å²) < 4.78 is 0. The SMILES string of the molecule is c1cc2cc(N3CCSCC3)cnc2[nH]1. The van der Waals surface area contributed by atoms with Gasteiger partial charge in [-0.3, -0.25) is 0 Å². The Bertz CT molecular complexity index is 460. The Balaban J connectivity index is 1.95. The second kappa shape index (κ2) is 3.77. The highest BCUT2D eigenvalue weighted by molar-refractivity contribution is 7.99. The Kier molecular flexibility index (Phi) is 2.29. The van der Waals surface area contributed by atoms with E-state index >= 15 is 0 Å². The molecule has 0 amide bonds. The number of thioether (sulfide) groups is 1. The Morgan fingerprint density at radius 3 is 3.07 bits per heavy atom. The van der Waals surface area contributed by atoms with Gasteiger partial charge in [0.2, 0.25) is 0 Å². The lowest BCUT2D eigenvalue weighted by Crippen LogP contribution is -2.32. The van der Waals surface area contributed by atoms with Crippen LogP contribution in [-0.4, -0.2) is 34.6 Å². The molecule has 1 saturated heterocycles. The molecule has 78 valence electrons. The van der Waals surface area contributed by atoms with E-state index in [1.807, 2.05) is 24.2 Å². The van der Waals surface area contributed by atoms with Crippen molar-refractivity contribution in [3.8, 4) is 0 Å². The number of fused-ring (bicyclic) bond motifs is 1. The third-order valence-electron chi connectivity index (χ3n) is 2.76. The molecule has 2 aromatic rings. The summed E-state index contributed by atoms with van der Waals surface area (Å²) in [6, 6.07) is 4.29. The van der Waals surface area contributed by atoms with Gasteiger partial charge < -0.3 is 9.88 Å². The van der Waals surface area contributed by atoms with Gasteiger partial charge in [-0.2, -0.15) is 11.8 Å². The molecule has 3 rings (SSSR count). The third-order valence-corrected chi connectivity index (χ3v) is 3.70. The minimum Gasteiger partial charge on any atom is -0.369 e. The van der Waals surface area contributed by atoms with E-state index in [1.54, 1.807) is 0 Å². The molecule has 1 aliphatic rings. The van der Waals surface area contributed by atoms with Crippen LogP contribution in [0.1, 0.15) is 0 Å². The number of anilines is 1. The minimum absolute atomic E-state index is 0.977. The lowest BCUT2D eigenvalue weighted by atomic mass is 10.3. The number of hydrogen-bond acceptors (Lipinski definition) is 3. The van der Waals surface area contributed by atoms with Crippen molar-refractivity contribution in [3.05, 3.63) is 24.5 Å². The van der Waals surface area contributed by atoms with Gasteiger partial charge in [-0.25, -0.2) is 4.98 Å². The van der Waals surface area contributed by atoms with Crippen molar-refractivity contribution in [2.24, 2.45) is 0 Å². The van der Waals surface area contributed by atoms with E-state index in [2.05, 4.69) is 27.0 Å². The van der Waals surface area contributed by atoms with Crippen LogP contribution in [0.2, 0.25) is 0 Å². The van der Waals surface area contributed by atoms with Crippen LogP contribution in [-0.2, 0) is 0 Å². The van der Waals surface area contributed by atoms with E-state index in [4.69, 9.17) is 0 Å². The normalized spacial score (nSPS) is 17.2. The molecule has 1 fully saturated rings. The van der Waals surface area contributed by atoms with Crippen LogP contribution in [0.5, 0.6) is 0 Å². The van der Waals surface area contributed by atoms with Crippen LogP contribution < -0.4 is 4.90 Å². The summed E-state index contributed by atoms with van der Waals surface area (Å²) in [7, 11) is 0. The molecule has 2 aromatic heterocycles. The molecule has 3 nitrogen and oxygen atoms in total. The highest BCUT2D eigenvalue weighted by Crippen LogP contribution is 2.21. The van der Waals surface area contributed by atoms with Gasteiger partial charge in [-0.15, -0.1) is 0 Å². The number of hydrogen-bond donors (Lipinski definition) is 1. The molecule has 0 radical (unpaired) electrons. The molecular formula is C11H13N3S. The number of nitrogens with zero attached hydrogens (tertiary/aromatic N) is 2. The molecule has 0 bridgehead atoms. The fraction of sp³-hybridized carbons (Fsp3) is 0.364. The quantitative estimate of drug-likeness (QED) is 0.797. The van der Waals surface area contributed by atoms with Crippen LogP contribution in [0.4, 0.5) is 5.69 Å². The molecule has 0 saturated carbocycles. The minimum atomic E-state index is 0.977.